The highest BCUT2D eigenvalue weighted by Crippen LogP contribution is 2.28. The standard InChI is InChI=1S/C21H28N2O3/c1-15(2)14-18(21(26)22-12-8-4-3-5-9-13-22)23-19(24)16-10-6-7-11-17(16)20(23)25/h6-7,10-11,15,18H,3-5,8-9,12-14H2,1-2H3. The summed E-state index contributed by atoms with van der Waals surface area (Å²) in [5.74, 6) is -0.536. The van der Waals surface area contributed by atoms with Crippen molar-refractivity contribution in [3.05, 3.63) is 35.4 Å². The minimum Gasteiger partial charge on any atom is -0.341 e. The first-order valence-corrected chi connectivity index (χ1v) is 9.76. The molecule has 0 N–H and O–H groups in total. The zero-order chi connectivity index (χ0) is 18.7. The van der Waals surface area contributed by atoms with Crippen molar-refractivity contribution in [3.63, 3.8) is 0 Å². The second-order valence-electron chi connectivity index (χ2n) is 7.76. The van der Waals surface area contributed by atoms with Gasteiger partial charge in [-0.15, -0.1) is 0 Å². The molecule has 0 bridgehead atoms. The van der Waals surface area contributed by atoms with E-state index < -0.39 is 6.04 Å². The van der Waals surface area contributed by atoms with Crippen molar-refractivity contribution in [2.45, 2.75) is 58.4 Å². The number of carbonyl (C=O) groups excluding carboxylic acids is 3. The molecule has 140 valence electrons. The second kappa shape index (κ2) is 8.02. The maximum atomic E-state index is 13.3. The van der Waals surface area contributed by atoms with E-state index in [9.17, 15) is 14.4 Å². The SMILES string of the molecule is CC(C)CC(C(=O)N1CCCCCCC1)N1C(=O)c2ccccc2C1=O. The summed E-state index contributed by atoms with van der Waals surface area (Å²) in [6, 6.07) is 6.14. The molecule has 5 nitrogen and oxygen atoms in total. The summed E-state index contributed by atoms with van der Waals surface area (Å²) >= 11 is 0. The fraction of sp³-hybridized carbons (Fsp3) is 0.571. The molecule has 0 aliphatic carbocycles. The van der Waals surface area contributed by atoms with Crippen molar-refractivity contribution in [2.24, 2.45) is 5.92 Å². The van der Waals surface area contributed by atoms with Crippen LogP contribution >= 0.6 is 0 Å². The minimum absolute atomic E-state index is 0.0740. The first-order valence-electron chi connectivity index (χ1n) is 9.76. The predicted molar refractivity (Wildman–Crippen MR) is 99.9 cm³/mol. The molecule has 0 saturated carbocycles. The Morgan fingerprint density at radius 2 is 1.42 bits per heavy atom. The van der Waals surface area contributed by atoms with E-state index in [1.807, 2.05) is 18.7 Å². The molecule has 1 unspecified atom stereocenters. The van der Waals surface area contributed by atoms with Crippen molar-refractivity contribution in [1.29, 1.82) is 0 Å². The number of hydrogen-bond donors (Lipinski definition) is 0. The maximum absolute atomic E-state index is 13.3. The van der Waals surface area contributed by atoms with E-state index >= 15 is 0 Å². The van der Waals surface area contributed by atoms with E-state index in [0.29, 0.717) is 17.5 Å². The molecule has 0 spiro atoms. The van der Waals surface area contributed by atoms with Crippen molar-refractivity contribution < 1.29 is 14.4 Å². The highest BCUT2D eigenvalue weighted by atomic mass is 16.2. The molecular formula is C21H28N2O3. The topological polar surface area (TPSA) is 57.7 Å². The largest absolute Gasteiger partial charge is 0.341 e. The van der Waals surface area contributed by atoms with E-state index in [1.54, 1.807) is 24.3 Å². The summed E-state index contributed by atoms with van der Waals surface area (Å²) in [4.78, 5) is 42.1. The molecular weight excluding hydrogens is 328 g/mol. The van der Waals surface area contributed by atoms with Gasteiger partial charge in [-0.2, -0.15) is 0 Å². The average Bonchev–Trinajstić information content (AvgIpc) is 2.83. The average molecular weight is 356 g/mol. The Bertz CT molecular complexity index is 655. The Morgan fingerprint density at radius 1 is 0.923 bits per heavy atom. The summed E-state index contributed by atoms with van der Waals surface area (Å²) in [7, 11) is 0. The van der Waals surface area contributed by atoms with E-state index in [1.165, 1.54) is 11.3 Å². The molecule has 1 fully saturated rings. The van der Waals surface area contributed by atoms with Gasteiger partial charge in [-0.3, -0.25) is 19.3 Å². The first-order chi connectivity index (χ1) is 12.5. The van der Waals surface area contributed by atoms with Crippen molar-refractivity contribution >= 4 is 17.7 Å². The van der Waals surface area contributed by atoms with E-state index in [0.717, 1.165) is 38.8 Å². The lowest BCUT2D eigenvalue weighted by Gasteiger charge is -2.33. The molecule has 0 radical (unpaired) electrons. The molecule has 2 aliphatic rings. The second-order valence-corrected chi connectivity index (χ2v) is 7.76. The fourth-order valence-corrected chi connectivity index (χ4v) is 3.93. The molecule has 26 heavy (non-hydrogen) atoms. The van der Waals surface area contributed by atoms with Gasteiger partial charge in [-0.25, -0.2) is 0 Å². The van der Waals surface area contributed by atoms with Crippen LogP contribution < -0.4 is 0 Å². The number of likely N-dealkylation sites (tertiary alicyclic amines) is 1. The normalized spacial score (nSPS) is 19.3. The number of fused-ring (bicyclic) bond motifs is 1. The van der Waals surface area contributed by atoms with Crippen LogP contribution in [0.5, 0.6) is 0 Å². The van der Waals surface area contributed by atoms with Crippen LogP contribution in [-0.2, 0) is 4.79 Å². The summed E-state index contributed by atoms with van der Waals surface area (Å²) in [5, 5.41) is 0. The zero-order valence-corrected chi connectivity index (χ0v) is 15.7. The lowest BCUT2D eigenvalue weighted by Crippen LogP contribution is -2.52. The van der Waals surface area contributed by atoms with Gasteiger partial charge in [0, 0.05) is 13.1 Å². The molecule has 1 aromatic carbocycles. The quantitative estimate of drug-likeness (QED) is 0.776. The predicted octanol–water partition coefficient (Wildman–Crippen LogP) is 3.49. The molecule has 0 aromatic heterocycles. The summed E-state index contributed by atoms with van der Waals surface area (Å²) in [6.45, 7) is 5.48. The van der Waals surface area contributed by atoms with Gasteiger partial charge in [-0.05, 0) is 37.3 Å². The number of imide groups is 1. The van der Waals surface area contributed by atoms with Gasteiger partial charge in [0.1, 0.15) is 6.04 Å². The Hall–Kier alpha value is -2.17. The smallest absolute Gasteiger partial charge is 0.262 e. The molecule has 3 rings (SSSR count). The summed E-state index contributed by atoms with van der Waals surface area (Å²) in [5.41, 5.74) is 0.818. The molecule has 2 aliphatic heterocycles. The van der Waals surface area contributed by atoms with Crippen LogP contribution in [-0.4, -0.2) is 46.7 Å². The number of amides is 3. The third kappa shape index (κ3) is 3.67. The van der Waals surface area contributed by atoms with E-state index in [4.69, 9.17) is 0 Å². The third-order valence-electron chi connectivity index (χ3n) is 5.28. The number of rotatable bonds is 4. The van der Waals surface area contributed by atoms with Crippen LogP contribution in [0.3, 0.4) is 0 Å². The van der Waals surface area contributed by atoms with Gasteiger partial charge in [0.15, 0.2) is 0 Å². The summed E-state index contributed by atoms with van der Waals surface area (Å²) in [6.07, 6.45) is 5.96. The van der Waals surface area contributed by atoms with Gasteiger partial charge in [0.2, 0.25) is 5.91 Å². The molecule has 1 aromatic rings. The molecule has 5 heteroatoms. The molecule has 3 amide bonds. The Morgan fingerprint density at radius 3 is 1.92 bits per heavy atom. The van der Waals surface area contributed by atoms with Crippen LogP contribution in [0.15, 0.2) is 24.3 Å². The maximum Gasteiger partial charge on any atom is 0.262 e. The highest BCUT2D eigenvalue weighted by Gasteiger charge is 2.43. The first kappa shape index (κ1) is 18.6. The lowest BCUT2D eigenvalue weighted by atomic mass is 10.00. The van der Waals surface area contributed by atoms with Crippen LogP contribution in [0.1, 0.15) is 73.1 Å². The van der Waals surface area contributed by atoms with E-state index in [2.05, 4.69) is 0 Å². The fourth-order valence-electron chi connectivity index (χ4n) is 3.93. The third-order valence-corrected chi connectivity index (χ3v) is 5.28. The van der Waals surface area contributed by atoms with Gasteiger partial charge >= 0.3 is 0 Å². The van der Waals surface area contributed by atoms with E-state index in [-0.39, 0.29) is 23.6 Å². The highest BCUT2D eigenvalue weighted by molar-refractivity contribution is 6.22. The monoisotopic (exact) mass is 356 g/mol. The molecule has 1 atom stereocenters. The summed E-state index contributed by atoms with van der Waals surface area (Å²) < 4.78 is 0. The van der Waals surface area contributed by atoms with Gasteiger partial charge < -0.3 is 4.90 Å². The van der Waals surface area contributed by atoms with Crippen molar-refractivity contribution in [2.75, 3.05) is 13.1 Å². The van der Waals surface area contributed by atoms with Crippen molar-refractivity contribution in [1.82, 2.24) is 9.80 Å². The minimum atomic E-state index is -0.707. The van der Waals surface area contributed by atoms with Crippen LogP contribution in [0.2, 0.25) is 0 Å². The molecule has 1 saturated heterocycles. The van der Waals surface area contributed by atoms with Crippen molar-refractivity contribution in [3.8, 4) is 0 Å². The Balaban J connectivity index is 1.87. The Labute approximate surface area is 155 Å². The lowest BCUT2D eigenvalue weighted by molar-refractivity contribution is -0.136. The van der Waals surface area contributed by atoms with Gasteiger partial charge in [0.25, 0.3) is 11.8 Å². The van der Waals surface area contributed by atoms with Gasteiger partial charge in [0.05, 0.1) is 11.1 Å². The van der Waals surface area contributed by atoms with Crippen LogP contribution in [0, 0.1) is 5.92 Å². The number of carbonyl (C=O) groups is 3. The van der Waals surface area contributed by atoms with Crippen LogP contribution in [0.25, 0.3) is 0 Å². The number of hydrogen-bond acceptors (Lipinski definition) is 3. The van der Waals surface area contributed by atoms with Crippen LogP contribution in [0.4, 0.5) is 0 Å². The molecule has 2 heterocycles. The number of benzene rings is 1. The zero-order valence-electron chi connectivity index (χ0n) is 15.7. The number of nitrogens with zero attached hydrogens (tertiary/aromatic N) is 2. The van der Waals surface area contributed by atoms with Gasteiger partial charge in [-0.1, -0.05) is 45.2 Å². The Kier molecular flexibility index (Phi) is 5.74.